The number of carbonyl (C=O) groups is 1. The summed E-state index contributed by atoms with van der Waals surface area (Å²) in [6.07, 6.45) is 2.37. The van der Waals surface area contributed by atoms with E-state index in [1.807, 2.05) is 12.1 Å². The number of morpholine rings is 1. The van der Waals surface area contributed by atoms with Crippen molar-refractivity contribution in [1.29, 1.82) is 0 Å². The predicted molar refractivity (Wildman–Crippen MR) is 94.2 cm³/mol. The Balaban J connectivity index is 1.39. The number of sulfonamides is 1. The molecule has 1 aromatic heterocycles. The van der Waals surface area contributed by atoms with Gasteiger partial charge in [-0.15, -0.1) is 0 Å². The van der Waals surface area contributed by atoms with E-state index in [2.05, 4.69) is 5.32 Å². The lowest BCUT2D eigenvalue weighted by molar-refractivity contribution is -0.117. The van der Waals surface area contributed by atoms with Gasteiger partial charge in [-0.05, 0) is 42.8 Å². The number of furan rings is 1. The van der Waals surface area contributed by atoms with Crippen molar-refractivity contribution in [2.24, 2.45) is 5.92 Å². The number of nitrogens with one attached hydrogen (secondary N) is 1. The molecule has 1 amide bonds. The van der Waals surface area contributed by atoms with Crippen molar-refractivity contribution in [3.63, 3.8) is 0 Å². The lowest BCUT2D eigenvalue weighted by Gasteiger charge is -2.26. The van der Waals surface area contributed by atoms with Crippen molar-refractivity contribution in [2.45, 2.75) is 17.2 Å². The summed E-state index contributed by atoms with van der Waals surface area (Å²) in [6.45, 7) is 1.53. The maximum absolute atomic E-state index is 12.6. The third-order valence-electron chi connectivity index (χ3n) is 4.77. The molecule has 1 aromatic carbocycles. The van der Waals surface area contributed by atoms with E-state index in [0.717, 1.165) is 12.2 Å². The van der Waals surface area contributed by atoms with E-state index >= 15 is 0 Å². The fourth-order valence-corrected chi connectivity index (χ4v) is 4.59. The molecule has 2 heterocycles. The Morgan fingerprint density at radius 2 is 1.85 bits per heavy atom. The zero-order chi connectivity index (χ0) is 18.1. The highest BCUT2D eigenvalue weighted by molar-refractivity contribution is 7.89. The van der Waals surface area contributed by atoms with E-state index in [0.29, 0.717) is 32.0 Å². The molecular formula is C18H20N2O5S. The van der Waals surface area contributed by atoms with E-state index < -0.39 is 10.0 Å². The maximum Gasteiger partial charge on any atom is 0.243 e. The average molecular weight is 376 g/mol. The van der Waals surface area contributed by atoms with Crippen LogP contribution in [0.4, 0.5) is 5.69 Å². The van der Waals surface area contributed by atoms with Crippen molar-refractivity contribution in [3.8, 4) is 0 Å². The van der Waals surface area contributed by atoms with Crippen LogP contribution in [-0.4, -0.2) is 44.9 Å². The van der Waals surface area contributed by atoms with E-state index in [1.54, 1.807) is 18.4 Å². The Kier molecular flexibility index (Phi) is 4.56. The third-order valence-corrected chi connectivity index (χ3v) is 6.68. The summed E-state index contributed by atoms with van der Waals surface area (Å²) in [5.41, 5.74) is 0.584. The highest BCUT2D eigenvalue weighted by Crippen LogP contribution is 2.48. The lowest BCUT2D eigenvalue weighted by Crippen LogP contribution is -2.40. The zero-order valence-corrected chi connectivity index (χ0v) is 14.9. The molecule has 1 aliphatic heterocycles. The predicted octanol–water partition coefficient (Wildman–Crippen LogP) is 2.04. The molecule has 0 spiro atoms. The Morgan fingerprint density at radius 3 is 2.50 bits per heavy atom. The van der Waals surface area contributed by atoms with Gasteiger partial charge in [-0.2, -0.15) is 4.31 Å². The van der Waals surface area contributed by atoms with Crippen LogP contribution < -0.4 is 5.32 Å². The largest absolute Gasteiger partial charge is 0.469 e. The molecule has 7 nitrogen and oxygen atoms in total. The number of ether oxygens (including phenoxy) is 1. The van der Waals surface area contributed by atoms with Gasteiger partial charge in [-0.3, -0.25) is 4.79 Å². The Morgan fingerprint density at radius 1 is 1.12 bits per heavy atom. The minimum Gasteiger partial charge on any atom is -0.469 e. The molecule has 0 radical (unpaired) electrons. The SMILES string of the molecule is O=C(Nc1ccc(S(=O)(=O)N2CCOCC2)cc1)[C@@H]1C[C@H]1c1ccco1. The second-order valence-electron chi connectivity index (χ2n) is 6.49. The molecule has 1 saturated heterocycles. The third kappa shape index (κ3) is 3.40. The van der Waals surface area contributed by atoms with Gasteiger partial charge in [0.25, 0.3) is 0 Å². The van der Waals surface area contributed by atoms with E-state index in [9.17, 15) is 13.2 Å². The van der Waals surface area contributed by atoms with Gasteiger partial charge < -0.3 is 14.5 Å². The number of anilines is 1. The first-order chi connectivity index (χ1) is 12.6. The molecule has 4 rings (SSSR count). The summed E-state index contributed by atoms with van der Waals surface area (Å²) in [5, 5.41) is 2.84. The average Bonchev–Trinajstić information content (AvgIpc) is 3.28. The number of rotatable bonds is 5. The summed E-state index contributed by atoms with van der Waals surface area (Å²) < 4.78 is 37.1. The number of nitrogens with zero attached hydrogens (tertiary/aromatic N) is 1. The quantitative estimate of drug-likeness (QED) is 0.863. The van der Waals surface area contributed by atoms with Crippen LogP contribution in [0.5, 0.6) is 0 Å². The van der Waals surface area contributed by atoms with Crippen molar-refractivity contribution in [1.82, 2.24) is 4.31 Å². The highest BCUT2D eigenvalue weighted by Gasteiger charge is 2.45. The van der Waals surface area contributed by atoms with Gasteiger partial charge in [0.15, 0.2) is 0 Å². The van der Waals surface area contributed by atoms with Gasteiger partial charge in [0.2, 0.25) is 15.9 Å². The summed E-state index contributed by atoms with van der Waals surface area (Å²) in [5.74, 6) is 0.788. The summed E-state index contributed by atoms with van der Waals surface area (Å²) in [4.78, 5) is 12.5. The molecule has 0 bridgehead atoms. The van der Waals surface area contributed by atoms with Crippen molar-refractivity contribution in [2.75, 3.05) is 31.6 Å². The number of carbonyl (C=O) groups excluding carboxylic acids is 1. The monoisotopic (exact) mass is 376 g/mol. The Labute approximate surface area is 152 Å². The second kappa shape index (κ2) is 6.86. The molecule has 8 heteroatoms. The maximum atomic E-state index is 12.6. The fourth-order valence-electron chi connectivity index (χ4n) is 3.18. The summed E-state index contributed by atoms with van der Waals surface area (Å²) in [6, 6.07) is 9.99. The summed E-state index contributed by atoms with van der Waals surface area (Å²) in [7, 11) is -3.52. The zero-order valence-electron chi connectivity index (χ0n) is 14.1. The first-order valence-electron chi connectivity index (χ1n) is 8.58. The Hall–Kier alpha value is -2.16. The molecule has 138 valence electrons. The van der Waals surface area contributed by atoms with Gasteiger partial charge in [-0.1, -0.05) is 0 Å². The first-order valence-corrected chi connectivity index (χ1v) is 10.0. The normalized spacial score (nSPS) is 23.5. The topological polar surface area (TPSA) is 88.9 Å². The van der Waals surface area contributed by atoms with Gasteiger partial charge in [-0.25, -0.2) is 8.42 Å². The number of amides is 1. The van der Waals surface area contributed by atoms with Crippen LogP contribution in [0.15, 0.2) is 52.0 Å². The van der Waals surface area contributed by atoms with Crippen molar-refractivity contribution in [3.05, 3.63) is 48.4 Å². The second-order valence-corrected chi connectivity index (χ2v) is 8.43. The van der Waals surface area contributed by atoms with Crippen molar-refractivity contribution < 1.29 is 22.4 Å². The molecule has 0 unspecified atom stereocenters. The molecule has 26 heavy (non-hydrogen) atoms. The van der Waals surface area contributed by atoms with Gasteiger partial charge in [0.05, 0.1) is 24.4 Å². The molecule has 1 N–H and O–H groups in total. The molecule has 1 saturated carbocycles. The minimum atomic E-state index is -3.52. The number of hydrogen-bond donors (Lipinski definition) is 1. The minimum absolute atomic E-state index is 0.0739. The highest BCUT2D eigenvalue weighted by atomic mass is 32.2. The van der Waals surface area contributed by atoms with E-state index in [1.165, 1.54) is 16.4 Å². The molecular weight excluding hydrogens is 356 g/mol. The molecule has 2 aromatic rings. The van der Waals surface area contributed by atoms with Crippen LogP contribution >= 0.6 is 0 Å². The van der Waals surface area contributed by atoms with Crippen LogP contribution in [0, 0.1) is 5.92 Å². The number of benzene rings is 1. The number of hydrogen-bond acceptors (Lipinski definition) is 5. The fraction of sp³-hybridized carbons (Fsp3) is 0.389. The smallest absolute Gasteiger partial charge is 0.243 e. The van der Waals surface area contributed by atoms with Crippen LogP contribution in [0.3, 0.4) is 0 Å². The van der Waals surface area contributed by atoms with Crippen molar-refractivity contribution >= 4 is 21.6 Å². The van der Waals surface area contributed by atoms with Gasteiger partial charge >= 0.3 is 0 Å². The molecule has 2 aliphatic rings. The van der Waals surface area contributed by atoms with Crippen LogP contribution in [0.1, 0.15) is 18.1 Å². The standard InChI is InChI=1S/C18H20N2O5S/c21-18(16-12-15(16)17-2-1-9-25-17)19-13-3-5-14(6-4-13)26(22,23)20-7-10-24-11-8-20/h1-6,9,15-16H,7-8,10-12H2,(H,19,21)/t15-,16-/m1/s1. The molecule has 1 aliphatic carbocycles. The van der Waals surface area contributed by atoms with Crippen LogP contribution in [0.2, 0.25) is 0 Å². The van der Waals surface area contributed by atoms with Crippen LogP contribution in [0.25, 0.3) is 0 Å². The van der Waals surface area contributed by atoms with E-state index in [-0.39, 0.29) is 22.6 Å². The first kappa shape index (κ1) is 17.3. The lowest BCUT2D eigenvalue weighted by atomic mass is 10.2. The van der Waals surface area contributed by atoms with Gasteiger partial charge in [0, 0.05) is 30.6 Å². The molecule has 2 fully saturated rings. The Bertz CT molecular complexity index is 871. The van der Waals surface area contributed by atoms with Crippen LogP contribution in [-0.2, 0) is 19.6 Å². The summed E-state index contributed by atoms with van der Waals surface area (Å²) >= 11 is 0. The van der Waals surface area contributed by atoms with E-state index in [4.69, 9.17) is 9.15 Å². The van der Waals surface area contributed by atoms with Gasteiger partial charge in [0.1, 0.15) is 5.76 Å². The molecule has 2 atom stereocenters.